The Morgan fingerprint density at radius 2 is 2.08 bits per heavy atom. The van der Waals surface area contributed by atoms with Crippen molar-refractivity contribution >= 4 is 34.8 Å². The summed E-state index contributed by atoms with van der Waals surface area (Å²) in [5.41, 5.74) is 1.26. The zero-order chi connectivity index (χ0) is 18.0. The van der Waals surface area contributed by atoms with E-state index in [2.05, 4.69) is 5.32 Å². The van der Waals surface area contributed by atoms with Crippen molar-refractivity contribution in [3.05, 3.63) is 52.8 Å². The summed E-state index contributed by atoms with van der Waals surface area (Å²) < 4.78 is 18.4. The molecule has 25 heavy (non-hydrogen) atoms. The number of rotatable bonds is 4. The van der Waals surface area contributed by atoms with E-state index in [1.165, 1.54) is 19.2 Å². The first-order valence-electron chi connectivity index (χ1n) is 7.74. The molecule has 0 aliphatic carbocycles. The van der Waals surface area contributed by atoms with E-state index in [0.717, 1.165) is 12.5 Å². The van der Waals surface area contributed by atoms with Crippen molar-refractivity contribution in [3.8, 4) is 5.75 Å². The van der Waals surface area contributed by atoms with Crippen molar-refractivity contribution in [1.82, 2.24) is 0 Å². The number of nitrogens with one attached hydrogen (secondary N) is 1. The van der Waals surface area contributed by atoms with Crippen LogP contribution in [0.1, 0.15) is 23.2 Å². The van der Waals surface area contributed by atoms with E-state index in [1.807, 2.05) is 0 Å². The number of carbonyl (C=O) groups is 2. The van der Waals surface area contributed by atoms with Gasteiger partial charge in [-0.1, -0.05) is 11.6 Å². The van der Waals surface area contributed by atoms with E-state index >= 15 is 0 Å². The van der Waals surface area contributed by atoms with Crippen LogP contribution < -0.4 is 15.0 Å². The molecule has 0 spiro atoms. The molecule has 0 atom stereocenters. The van der Waals surface area contributed by atoms with E-state index in [-0.39, 0.29) is 16.5 Å². The quantitative estimate of drug-likeness (QED) is 0.898. The molecule has 0 saturated carbocycles. The van der Waals surface area contributed by atoms with Gasteiger partial charge in [0.1, 0.15) is 11.6 Å². The lowest BCUT2D eigenvalue weighted by Crippen LogP contribution is -2.24. The minimum absolute atomic E-state index is 0.0170. The maximum absolute atomic E-state index is 13.1. The van der Waals surface area contributed by atoms with Crippen molar-refractivity contribution in [2.24, 2.45) is 0 Å². The average molecular weight is 363 g/mol. The highest BCUT2D eigenvalue weighted by Crippen LogP contribution is 2.34. The number of anilines is 2. The largest absolute Gasteiger partial charge is 0.495 e. The molecule has 1 N–H and O–H groups in total. The number of methoxy groups -OCH3 is 1. The summed E-state index contributed by atoms with van der Waals surface area (Å²) in [5.74, 6) is -0.411. The Hall–Kier alpha value is -2.60. The Morgan fingerprint density at radius 1 is 1.28 bits per heavy atom. The van der Waals surface area contributed by atoms with Gasteiger partial charge in [0.25, 0.3) is 5.91 Å². The number of ether oxygens (including phenoxy) is 1. The molecule has 3 rings (SSSR count). The van der Waals surface area contributed by atoms with Crippen molar-refractivity contribution < 1.29 is 18.7 Å². The molecule has 2 aromatic carbocycles. The van der Waals surface area contributed by atoms with Crippen LogP contribution in [0.2, 0.25) is 5.02 Å². The van der Waals surface area contributed by atoms with E-state index < -0.39 is 11.7 Å². The summed E-state index contributed by atoms with van der Waals surface area (Å²) in [7, 11) is 1.52. The second kappa shape index (κ2) is 7.11. The van der Waals surface area contributed by atoms with Gasteiger partial charge in [0.2, 0.25) is 5.91 Å². The van der Waals surface area contributed by atoms with Gasteiger partial charge in [-0.25, -0.2) is 4.39 Å². The van der Waals surface area contributed by atoms with Gasteiger partial charge in [0.05, 0.1) is 23.4 Å². The molecule has 2 amide bonds. The Balaban J connectivity index is 1.87. The number of hydrogen-bond donors (Lipinski definition) is 1. The van der Waals surface area contributed by atoms with Gasteiger partial charge in [0, 0.05) is 18.7 Å². The SMILES string of the molecule is COc1ccc(NC(=O)c2ccc(F)cc2Cl)cc1N1CCCC1=O. The minimum atomic E-state index is -0.513. The highest BCUT2D eigenvalue weighted by Gasteiger charge is 2.25. The normalized spacial score (nSPS) is 13.9. The van der Waals surface area contributed by atoms with E-state index in [1.54, 1.807) is 23.1 Å². The lowest BCUT2D eigenvalue weighted by molar-refractivity contribution is -0.117. The van der Waals surface area contributed by atoms with Crippen LogP contribution >= 0.6 is 11.6 Å². The third-order valence-corrected chi connectivity index (χ3v) is 4.29. The van der Waals surface area contributed by atoms with Crippen LogP contribution in [0.25, 0.3) is 0 Å². The summed E-state index contributed by atoms with van der Waals surface area (Å²) in [4.78, 5) is 26.0. The molecule has 5 nitrogen and oxygen atoms in total. The van der Waals surface area contributed by atoms with Crippen molar-refractivity contribution in [3.63, 3.8) is 0 Å². The third kappa shape index (κ3) is 3.58. The highest BCUT2D eigenvalue weighted by atomic mass is 35.5. The maximum atomic E-state index is 13.1. The van der Waals surface area contributed by atoms with Gasteiger partial charge < -0.3 is 15.0 Å². The topological polar surface area (TPSA) is 58.6 Å². The molecular weight excluding hydrogens is 347 g/mol. The monoisotopic (exact) mass is 362 g/mol. The summed E-state index contributed by atoms with van der Waals surface area (Å²) in [6, 6.07) is 8.60. The molecule has 1 aliphatic rings. The molecule has 0 aromatic heterocycles. The second-order valence-electron chi connectivity index (χ2n) is 5.61. The first kappa shape index (κ1) is 17.2. The number of amides is 2. The van der Waals surface area contributed by atoms with E-state index in [0.29, 0.717) is 30.1 Å². The minimum Gasteiger partial charge on any atom is -0.495 e. The Bertz CT molecular complexity index is 841. The molecule has 1 fully saturated rings. The summed E-state index contributed by atoms with van der Waals surface area (Å²) in [5, 5.41) is 2.74. The fourth-order valence-corrected chi connectivity index (χ4v) is 3.01. The highest BCUT2D eigenvalue weighted by molar-refractivity contribution is 6.34. The lowest BCUT2D eigenvalue weighted by atomic mass is 10.2. The van der Waals surface area contributed by atoms with Gasteiger partial charge in [-0.3, -0.25) is 9.59 Å². The fourth-order valence-electron chi connectivity index (χ4n) is 2.75. The Kier molecular flexibility index (Phi) is 4.90. The molecular formula is C18H16ClFN2O3. The van der Waals surface area contributed by atoms with Gasteiger partial charge in [-0.05, 0) is 42.8 Å². The first-order chi connectivity index (χ1) is 12.0. The Labute approximate surface area is 149 Å². The maximum Gasteiger partial charge on any atom is 0.257 e. The van der Waals surface area contributed by atoms with Crippen LogP contribution in [0, 0.1) is 5.82 Å². The predicted molar refractivity (Wildman–Crippen MR) is 93.9 cm³/mol. The number of carbonyl (C=O) groups excluding carboxylic acids is 2. The zero-order valence-electron chi connectivity index (χ0n) is 13.5. The van der Waals surface area contributed by atoms with E-state index in [9.17, 15) is 14.0 Å². The fraction of sp³-hybridized carbons (Fsp3) is 0.222. The predicted octanol–water partition coefficient (Wildman–Crippen LogP) is 3.87. The van der Waals surface area contributed by atoms with Crippen LogP contribution in [-0.2, 0) is 4.79 Å². The molecule has 2 aromatic rings. The number of nitrogens with zero attached hydrogens (tertiary/aromatic N) is 1. The molecule has 1 saturated heterocycles. The van der Waals surface area contributed by atoms with Gasteiger partial charge in [0.15, 0.2) is 0 Å². The number of benzene rings is 2. The molecule has 0 radical (unpaired) electrons. The number of hydrogen-bond acceptors (Lipinski definition) is 3. The van der Waals surface area contributed by atoms with Crippen molar-refractivity contribution in [2.45, 2.75) is 12.8 Å². The third-order valence-electron chi connectivity index (χ3n) is 3.98. The standard InChI is InChI=1S/C18H16ClFN2O3/c1-25-16-7-5-12(10-15(16)22-8-2-3-17(22)23)21-18(24)13-6-4-11(20)9-14(13)19/h4-7,9-10H,2-3,8H2,1H3,(H,21,24). The van der Waals surface area contributed by atoms with Gasteiger partial charge >= 0.3 is 0 Å². The molecule has 0 bridgehead atoms. The lowest BCUT2D eigenvalue weighted by Gasteiger charge is -2.20. The van der Waals surface area contributed by atoms with Crippen LogP contribution in [-0.4, -0.2) is 25.5 Å². The van der Waals surface area contributed by atoms with Crippen molar-refractivity contribution in [1.29, 1.82) is 0 Å². The smallest absolute Gasteiger partial charge is 0.257 e. The Morgan fingerprint density at radius 3 is 2.72 bits per heavy atom. The van der Waals surface area contributed by atoms with Crippen LogP contribution in [0.3, 0.4) is 0 Å². The second-order valence-corrected chi connectivity index (χ2v) is 6.02. The molecule has 1 aliphatic heterocycles. The van der Waals surface area contributed by atoms with Crippen molar-refractivity contribution in [2.75, 3.05) is 23.9 Å². The number of halogens is 2. The van der Waals surface area contributed by atoms with E-state index in [4.69, 9.17) is 16.3 Å². The average Bonchev–Trinajstić information content (AvgIpc) is 3.00. The summed E-state index contributed by atoms with van der Waals surface area (Å²) in [6.45, 7) is 0.608. The molecule has 7 heteroatoms. The van der Waals surface area contributed by atoms with Gasteiger partial charge in [-0.2, -0.15) is 0 Å². The van der Waals surface area contributed by atoms with Crippen LogP contribution in [0.5, 0.6) is 5.75 Å². The van der Waals surface area contributed by atoms with Gasteiger partial charge in [-0.15, -0.1) is 0 Å². The molecule has 0 unspecified atom stereocenters. The summed E-state index contributed by atoms with van der Waals surface area (Å²) in [6.07, 6.45) is 1.27. The first-order valence-corrected chi connectivity index (χ1v) is 8.12. The van der Waals surface area contributed by atoms with Crippen LogP contribution in [0.4, 0.5) is 15.8 Å². The molecule has 1 heterocycles. The summed E-state index contributed by atoms with van der Waals surface area (Å²) >= 11 is 5.92. The zero-order valence-corrected chi connectivity index (χ0v) is 14.3. The molecule has 130 valence electrons. The van der Waals surface area contributed by atoms with Crippen LogP contribution in [0.15, 0.2) is 36.4 Å².